The van der Waals surface area contributed by atoms with Crippen LogP contribution in [0.15, 0.2) is 60.9 Å². The normalized spacial score (nSPS) is 13.7. The first-order valence-electron chi connectivity index (χ1n) is 14.1. The molecule has 6 rings (SSSR count). The second kappa shape index (κ2) is 13.0. The fourth-order valence-electron chi connectivity index (χ4n) is 5.01. The van der Waals surface area contributed by atoms with E-state index in [1.54, 1.807) is 24.3 Å². The van der Waals surface area contributed by atoms with Gasteiger partial charge in [0.1, 0.15) is 18.2 Å². The standard InChI is InChI=1S/C31H32FN7O4S/c1-19-13-29(43-27-6-4-3-5-22(27)32)34-18-26(19)39-31(33)21(17-35-39)30(40)25-15-20-14-24(37-44-2)28(16-23(20)36-25)42-12-9-38-7-10-41-11-8-38/h3-6,13-18,36-37H,7-12,33H2,1-2H3. The number of H-pyrrole nitrogens is 1. The number of aromatic amines is 1. The number of halogens is 1. The van der Waals surface area contributed by atoms with E-state index in [2.05, 4.69) is 24.7 Å². The number of nitrogens with two attached hydrogens (primary N) is 1. The van der Waals surface area contributed by atoms with Crippen LogP contribution in [0.1, 0.15) is 21.6 Å². The fraction of sp³-hybridized carbons (Fsp3) is 0.258. The summed E-state index contributed by atoms with van der Waals surface area (Å²) in [6.07, 6.45) is 4.90. The number of aromatic nitrogens is 4. The lowest BCUT2D eigenvalue weighted by molar-refractivity contribution is 0.0323. The van der Waals surface area contributed by atoms with E-state index < -0.39 is 5.82 Å². The number of para-hydroxylation sites is 1. The molecule has 1 aliphatic rings. The summed E-state index contributed by atoms with van der Waals surface area (Å²) in [5, 5.41) is 5.22. The lowest BCUT2D eigenvalue weighted by Crippen LogP contribution is -2.38. The van der Waals surface area contributed by atoms with Gasteiger partial charge in [0.05, 0.1) is 48.2 Å². The number of pyridine rings is 1. The van der Waals surface area contributed by atoms with Crippen molar-refractivity contribution in [1.29, 1.82) is 0 Å². The predicted molar refractivity (Wildman–Crippen MR) is 169 cm³/mol. The SMILES string of the molecule is CSNc1cc2cc(C(=O)c3cnn(-c4cnc(Oc5ccccc5F)cc4C)c3N)[nH]c2cc1OCCN1CCOCC1. The summed E-state index contributed by atoms with van der Waals surface area (Å²) in [5.74, 6) is 0.356. The van der Waals surface area contributed by atoms with Crippen LogP contribution in [-0.4, -0.2) is 76.1 Å². The highest BCUT2D eigenvalue weighted by molar-refractivity contribution is 7.99. The Bertz CT molecular complexity index is 1800. The molecule has 1 saturated heterocycles. The third-order valence-corrected chi connectivity index (χ3v) is 7.76. The predicted octanol–water partition coefficient (Wildman–Crippen LogP) is 5.20. The smallest absolute Gasteiger partial charge is 0.219 e. The number of fused-ring (bicyclic) bond motifs is 1. The average Bonchev–Trinajstić information content (AvgIpc) is 3.62. The number of anilines is 2. The minimum atomic E-state index is -0.489. The topological polar surface area (TPSA) is 133 Å². The maximum absolute atomic E-state index is 14.0. The summed E-state index contributed by atoms with van der Waals surface area (Å²) < 4.78 is 35.9. The van der Waals surface area contributed by atoms with E-state index >= 15 is 0 Å². The summed E-state index contributed by atoms with van der Waals surface area (Å²) in [4.78, 5) is 23.4. The molecule has 0 radical (unpaired) electrons. The number of benzene rings is 2. The lowest BCUT2D eigenvalue weighted by Gasteiger charge is -2.26. The molecule has 11 nitrogen and oxygen atoms in total. The van der Waals surface area contributed by atoms with Crippen molar-refractivity contribution in [2.24, 2.45) is 0 Å². The Kier molecular flexibility index (Phi) is 8.68. The van der Waals surface area contributed by atoms with Crippen molar-refractivity contribution in [3.05, 3.63) is 83.6 Å². The number of ether oxygens (including phenoxy) is 3. The minimum Gasteiger partial charge on any atom is -0.490 e. The second-order valence-corrected chi connectivity index (χ2v) is 10.9. The molecule has 2 aromatic carbocycles. The highest BCUT2D eigenvalue weighted by Gasteiger charge is 2.22. The Morgan fingerprint density at radius 3 is 2.75 bits per heavy atom. The van der Waals surface area contributed by atoms with Crippen LogP contribution in [0.2, 0.25) is 0 Å². The molecule has 0 atom stereocenters. The molecule has 0 saturated carbocycles. The van der Waals surface area contributed by atoms with Crippen LogP contribution in [0, 0.1) is 12.7 Å². The van der Waals surface area contributed by atoms with Crippen molar-refractivity contribution in [3.8, 4) is 23.1 Å². The first-order valence-corrected chi connectivity index (χ1v) is 15.3. The molecule has 0 amide bonds. The number of nitrogens with zero attached hydrogens (tertiary/aromatic N) is 4. The van der Waals surface area contributed by atoms with Crippen molar-refractivity contribution in [2.45, 2.75) is 6.92 Å². The van der Waals surface area contributed by atoms with Gasteiger partial charge in [0.15, 0.2) is 11.6 Å². The van der Waals surface area contributed by atoms with Crippen LogP contribution < -0.4 is 19.9 Å². The van der Waals surface area contributed by atoms with E-state index in [1.807, 2.05) is 25.3 Å². The summed E-state index contributed by atoms with van der Waals surface area (Å²) >= 11 is 1.46. The molecular formula is C31H32FN7O4S. The first kappa shape index (κ1) is 29.5. The van der Waals surface area contributed by atoms with Gasteiger partial charge >= 0.3 is 0 Å². The number of ketones is 1. The van der Waals surface area contributed by atoms with Crippen molar-refractivity contribution in [2.75, 3.05) is 56.2 Å². The van der Waals surface area contributed by atoms with E-state index in [4.69, 9.17) is 19.9 Å². The van der Waals surface area contributed by atoms with Gasteiger partial charge in [-0.1, -0.05) is 24.1 Å². The number of carbonyl (C=O) groups excluding carboxylic acids is 1. The maximum Gasteiger partial charge on any atom is 0.219 e. The molecule has 44 heavy (non-hydrogen) atoms. The van der Waals surface area contributed by atoms with E-state index in [0.29, 0.717) is 23.7 Å². The number of hydrogen-bond acceptors (Lipinski definition) is 10. The van der Waals surface area contributed by atoms with E-state index in [-0.39, 0.29) is 28.8 Å². The van der Waals surface area contributed by atoms with Crippen molar-refractivity contribution < 1.29 is 23.4 Å². The number of nitrogens with one attached hydrogen (secondary N) is 2. The zero-order valence-corrected chi connectivity index (χ0v) is 25.1. The van der Waals surface area contributed by atoms with Gasteiger partial charge in [0.2, 0.25) is 11.7 Å². The van der Waals surface area contributed by atoms with Crippen LogP contribution >= 0.6 is 11.9 Å². The Morgan fingerprint density at radius 1 is 1.16 bits per heavy atom. The molecule has 3 aromatic heterocycles. The molecule has 228 valence electrons. The summed E-state index contributed by atoms with van der Waals surface area (Å²) in [6.45, 7) is 6.42. The molecule has 0 spiro atoms. The van der Waals surface area contributed by atoms with Gasteiger partial charge in [-0.15, -0.1) is 0 Å². The minimum absolute atomic E-state index is 0.0694. The largest absolute Gasteiger partial charge is 0.490 e. The van der Waals surface area contributed by atoms with Gasteiger partial charge in [-0.05, 0) is 36.8 Å². The molecule has 4 heterocycles. The molecule has 1 aliphatic heterocycles. The number of hydrogen-bond donors (Lipinski definition) is 3. The van der Waals surface area contributed by atoms with Crippen molar-refractivity contribution in [1.82, 2.24) is 24.6 Å². The third kappa shape index (κ3) is 6.20. The van der Waals surface area contributed by atoms with Gasteiger partial charge in [0, 0.05) is 48.9 Å². The molecule has 4 N–H and O–H groups in total. The van der Waals surface area contributed by atoms with Gasteiger partial charge in [-0.25, -0.2) is 14.1 Å². The van der Waals surface area contributed by atoms with E-state index in [1.165, 1.54) is 41.2 Å². The van der Waals surface area contributed by atoms with Crippen molar-refractivity contribution in [3.63, 3.8) is 0 Å². The number of rotatable bonds is 11. The molecule has 0 aliphatic carbocycles. The van der Waals surface area contributed by atoms with Crippen molar-refractivity contribution >= 4 is 40.1 Å². The monoisotopic (exact) mass is 617 g/mol. The highest BCUT2D eigenvalue weighted by Crippen LogP contribution is 2.33. The molecule has 0 unspecified atom stereocenters. The zero-order valence-electron chi connectivity index (χ0n) is 24.3. The quantitative estimate of drug-likeness (QED) is 0.134. The summed E-state index contributed by atoms with van der Waals surface area (Å²) in [6, 6.07) is 13.4. The molecule has 1 fully saturated rings. The lowest BCUT2D eigenvalue weighted by atomic mass is 10.1. The van der Waals surface area contributed by atoms with Crippen LogP contribution in [0.25, 0.3) is 16.6 Å². The average molecular weight is 618 g/mol. The Morgan fingerprint density at radius 2 is 1.98 bits per heavy atom. The number of aryl methyl sites for hydroxylation is 1. The molecule has 13 heteroatoms. The molecule has 0 bridgehead atoms. The van der Waals surface area contributed by atoms with Gasteiger partial charge < -0.3 is 29.7 Å². The van der Waals surface area contributed by atoms with Crippen LogP contribution in [-0.2, 0) is 4.74 Å². The van der Waals surface area contributed by atoms with E-state index in [9.17, 15) is 9.18 Å². The second-order valence-electron chi connectivity index (χ2n) is 10.3. The van der Waals surface area contributed by atoms with Gasteiger partial charge in [0.25, 0.3) is 0 Å². The fourth-order valence-corrected chi connectivity index (χ4v) is 5.39. The van der Waals surface area contributed by atoms with Gasteiger partial charge in [-0.3, -0.25) is 9.69 Å². The summed E-state index contributed by atoms with van der Waals surface area (Å²) in [7, 11) is 0. The summed E-state index contributed by atoms with van der Waals surface area (Å²) in [5.41, 5.74) is 9.92. The highest BCUT2D eigenvalue weighted by atomic mass is 32.2. The zero-order chi connectivity index (χ0) is 30.6. The number of morpholine rings is 1. The molecular weight excluding hydrogens is 585 g/mol. The Hall–Kier alpha value is -4.59. The third-order valence-electron chi connectivity index (χ3n) is 7.33. The number of nitrogen functional groups attached to an aromatic ring is 1. The molecule has 5 aromatic rings. The van der Waals surface area contributed by atoms with Gasteiger partial charge in [-0.2, -0.15) is 5.10 Å². The first-order chi connectivity index (χ1) is 21.4. The Labute approximate surface area is 257 Å². The van der Waals surface area contributed by atoms with E-state index in [0.717, 1.165) is 55.0 Å². The Balaban J connectivity index is 1.21. The van der Waals surface area contributed by atoms with Crippen LogP contribution in [0.4, 0.5) is 15.9 Å². The maximum atomic E-state index is 14.0. The number of carbonyl (C=O) groups is 1. The van der Waals surface area contributed by atoms with Crippen LogP contribution in [0.5, 0.6) is 17.4 Å². The van der Waals surface area contributed by atoms with Crippen LogP contribution in [0.3, 0.4) is 0 Å².